The molecule has 1 N–H and O–H groups in total. The monoisotopic (exact) mass is 465 g/mol. The number of thiophene rings is 1. The highest BCUT2D eigenvalue weighted by Gasteiger charge is 2.33. The average molecular weight is 466 g/mol. The van der Waals surface area contributed by atoms with Crippen LogP contribution < -0.4 is 4.90 Å². The minimum absolute atomic E-state index is 0.0808. The Morgan fingerprint density at radius 1 is 1.18 bits per heavy atom. The summed E-state index contributed by atoms with van der Waals surface area (Å²) in [6.07, 6.45) is 10.2. The van der Waals surface area contributed by atoms with Crippen LogP contribution in [0, 0.1) is 28.6 Å². The lowest BCUT2D eigenvalue weighted by Gasteiger charge is -2.23. The molecule has 34 heavy (non-hydrogen) atoms. The Kier molecular flexibility index (Phi) is 4.93. The van der Waals surface area contributed by atoms with E-state index in [1.807, 2.05) is 40.8 Å². The molecule has 1 unspecified atom stereocenters. The van der Waals surface area contributed by atoms with Gasteiger partial charge in [-0.1, -0.05) is 0 Å². The fourth-order valence-electron chi connectivity index (χ4n) is 4.89. The zero-order valence-corrected chi connectivity index (χ0v) is 18.9. The number of hydrogen-bond donors (Lipinski definition) is 1. The lowest BCUT2D eigenvalue weighted by molar-refractivity contribution is 0.332. The molecule has 5 aromatic heterocycles. The number of nitriles is 2. The summed E-state index contributed by atoms with van der Waals surface area (Å²) in [6.45, 7) is 1.50. The van der Waals surface area contributed by atoms with Crippen LogP contribution in [0.2, 0.25) is 0 Å². The summed E-state index contributed by atoms with van der Waals surface area (Å²) in [5, 5.41) is 27.9. The Morgan fingerprint density at radius 2 is 2.12 bits per heavy atom. The molecule has 0 aliphatic carbocycles. The number of rotatable bonds is 5. The molecule has 0 aromatic carbocycles. The van der Waals surface area contributed by atoms with Crippen molar-refractivity contribution in [1.29, 1.82) is 10.5 Å². The summed E-state index contributed by atoms with van der Waals surface area (Å²) < 4.78 is 2.91. The molecule has 1 aliphatic rings. The first-order valence-corrected chi connectivity index (χ1v) is 11.9. The van der Waals surface area contributed by atoms with Gasteiger partial charge < -0.3 is 9.88 Å². The number of pyridine rings is 1. The number of H-pyrrole nitrogens is 1. The van der Waals surface area contributed by atoms with Gasteiger partial charge in [0.15, 0.2) is 0 Å². The number of hydrogen-bond acceptors (Lipinski definition) is 8. The molecule has 0 saturated carbocycles. The third-order valence-corrected chi connectivity index (χ3v) is 7.39. The lowest BCUT2D eigenvalue weighted by atomic mass is 9.96. The van der Waals surface area contributed by atoms with Crippen molar-refractivity contribution in [2.24, 2.45) is 5.92 Å². The van der Waals surface area contributed by atoms with Crippen LogP contribution in [0.4, 0.5) is 5.82 Å². The second-order valence-corrected chi connectivity index (χ2v) is 9.31. The van der Waals surface area contributed by atoms with Gasteiger partial charge in [0.1, 0.15) is 29.4 Å². The second kappa shape index (κ2) is 8.25. The quantitative estimate of drug-likeness (QED) is 0.411. The zero-order chi connectivity index (χ0) is 23.1. The molecule has 1 fully saturated rings. The maximum absolute atomic E-state index is 9.82. The van der Waals surface area contributed by atoms with E-state index in [1.54, 1.807) is 17.5 Å². The number of anilines is 1. The third kappa shape index (κ3) is 3.28. The third-order valence-electron chi connectivity index (χ3n) is 6.54. The SMILES string of the molecule is N#CC[C@@H](C1CCN(c2ncc3sccc3c2C#N)C1)n1cc(-c2ncnc3[nH]ccc23)cn1. The van der Waals surface area contributed by atoms with Crippen molar-refractivity contribution in [2.75, 3.05) is 18.0 Å². The summed E-state index contributed by atoms with van der Waals surface area (Å²) in [7, 11) is 0. The molecule has 1 saturated heterocycles. The molecule has 1 aliphatic heterocycles. The van der Waals surface area contributed by atoms with E-state index in [2.05, 4.69) is 42.1 Å². The molecule has 2 atom stereocenters. The molecule has 0 spiro atoms. The van der Waals surface area contributed by atoms with E-state index in [1.165, 1.54) is 6.33 Å². The fourth-order valence-corrected chi connectivity index (χ4v) is 5.65. The van der Waals surface area contributed by atoms with Crippen LogP contribution in [0.1, 0.15) is 24.4 Å². The van der Waals surface area contributed by atoms with Crippen LogP contribution in [0.15, 0.2) is 48.6 Å². The predicted molar refractivity (Wildman–Crippen MR) is 129 cm³/mol. The molecule has 5 aromatic rings. The second-order valence-electron chi connectivity index (χ2n) is 8.36. The van der Waals surface area contributed by atoms with Gasteiger partial charge in [0, 0.05) is 53.9 Å². The first-order valence-electron chi connectivity index (χ1n) is 11.0. The number of nitrogens with zero attached hydrogens (tertiary/aromatic N) is 8. The van der Waals surface area contributed by atoms with Crippen LogP contribution in [0.3, 0.4) is 0 Å². The molecular weight excluding hydrogens is 446 g/mol. The minimum atomic E-state index is -0.0808. The van der Waals surface area contributed by atoms with Crippen LogP contribution in [0.25, 0.3) is 32.4 Å². The van der Waals surface area contributed by atoms with Crippen molar-refractivity contribution >= 4 is 38.3 Å². The normalized spacial score (nSPS) is 16.6. The number of fused-ring (bicyclic) bond motifs is 2. The van der Waals surface area contributed by atoms with E-state index in [9.17, 15) is 10.5 Å². The number of aromatic amines is 1. The highest BCUT2D eigenvalue weighted by atomic mass is 32.1. The Bertz CT molecular complexity index is 1580. The number of nitrogens with one attached hydrogen (secondary N) is 1. The zero-order valence-electron chi connectivity index (χ0n) is 18.1. The smallest absolute Gasteiger partial charge is 0.147 e. The molecule has 6 rings (SSSR count). The largest absolute Gasteiger partial charge is 0.355 e. The molecule has 9 nitrogen and oxygen atoms in total. The maximum atomic E-state index is 9.82. The van der Waals surface area contributed by atoms with Gasteiger partial charge in [-0.25, -0.2) is 15.0 Å². The summed E-state index contributed by atoms with van der Waals surface area (Å²) in [5.74, 6) is 0.931. The van der Waals surface area contributed by atoms with Crippen molar-refractivity contribution in [3.63, 3.8) is 0 Å². The van der Waals surface area contributed by atoms with Crippen molar-refractivity contribution in [3.05, 3.63) is 54.2 Å². The first-order chi connectivity index (χ1) is 16.8. The van der Waals surface area contributed by atoms with E-state index in [-0.39, 0.29) is 12.0 Å². The molecule has 10 heteroatoms. The van der Waals surface area contributed by atoms with E-state index >= 15 is 0 Å². The molecule has 0 radical (unpaired) electrons. The van der Waals surface area contributed by atoms with Crippen molar-refractivity contribution in [2.45, 2.75) is 18.9 Å². The van der Waals surface area contributed by atoms with Crippen LogP contribution in [-0.2, 0) is 0 Å². The van der Waals surface area contributed by atoms with Gasteiger partial charge in [-0.05, 0) is 23.9 Å². The average Bonchev–Trinajstić information content (AvgIpc) is 3.67. The van der Waals surface area contributed by atoms with Gasteiger partial charge in [-0.2, -0.15) is 15.6 Å². The Labute approximate surface area is 198 Å². The predicted octanol–water partition coefficient (Wildman–Crippen LogP) is 4.28. The van der Waals surface area contributed by atoms with Gasteiger partial charge in [0.25, 0.3) is 0 Å². The van der Waals surface area contributed by atoms with E-state index < -0.39 is 0 Å². The molecule has 0 amide bonds. The van der Waals surface area contributed by atoms with Crippen LogP contribution >= 0.6 is 11.3 Å². The van der Waals surface area contributed by atoms with Gasteiger partial charge in [-0.3, -0.25) is 4.68 Å². The van der Waals surface area contributed by atoms with Crippen molar-refractivity contribution in [1.82, 2.24) is 29.7 Å². The maximum Gasteiger partial charge on any atom is 0.147 e. The van der Waals surface area contributed by atoms with Gasteiger partial charge in [0.2, 0.25) is 0 Å². The van der Waals surface area contributed by atoms with E-state index in [0.717, 1.165) is 51.2 Å². The highest BCUT2D eigenvalue weighted by Crippen LogP contribution is 2.36. The highest BCUT2D eigenvalue weighted by molar-refractivity contribution is 7.17. The lowest BCUT2D eigenvalue weighted by Crippen LogP contribution is -2.26. The minimum Gasteiger partial charge on any atom is -0.355 e. The summed E-state index contributed by atoms with van der Waals surface area (Å²) in [5.41, 5.74) is 3.10. The van der Waals surface area contributed by atoms with E-state index in [4.69, 9.17) is 0 Å². The summed E-state index contributed by atoms with van der Waals surface area (Å²) in [4.78, 5) is 18.6. The summed E-state index contributed by atoms with van der Waals surface area (Å²) in [6, 6.07) is 8.55. The standard InChI is InChI=1S/C24H19N9S/c25-5-1-20(33-13-16(10-31-33)22-18-2-6-27-23(18)30-14-29-22)15-3-7-32(12-15)24-19(9-26)17-4-8-34-21(17)11-28-24/h2,4,6,8,10-11,13-15,20H,1,3,7,12H2,(H,27,29,30)/t15?,20-/m0/s1. The number of aromatic nitrogens is 6. The van der Waals surface area contributed by atoms with Gasteiger partial charge >= 0.3 is 0 Å². The topological polar surface area (TPSA) is 123 Å². The van der Waals surface area contributed by atoms with Crippen LogP contribution in [-0.4, -0.2) is 42.8 Å². The van der Waals surface area contributed by atoms with Crippen molar-refractivity contribution < 1.29 is 0 Å². The van der Waals surface area contributed by atoms with Crippen LogP contribution in [0.5, 0.6) is 0 Å². The van der Waals surface area contributed by atoms with Gasteiger partial charge in [0.05, 0.1) is 35.1 Å². The van der Waals surface area contributed by atoms with Gasteiger partial charge in [-0.15, -0.1) is 11.3 Å². The fraction of sp³-hybridized carbons (Fsp3) is 0.250. The molecular formula is C24H19N9S. The Morgan fingerprint density at radius 3 is 3.00 bits per heavy atom. The molecule has 6 heterocycles. The Hall–Kier alpha value is -4.28. The Balaban J connectivity index is 1.29. The molecule has 166 valence electrons. The summed E-state index contributed by atoms with van der Waals surface area (Å²) >= 11 is 1.59. The molecule has 0 bridgehead atoms. The first kappa shape index (κ1) is 20.3. The van der Waals surface area contributed by atoms with E-state index in [0.29, 0.717) is 18.5 Å². The van der Waals surface area contributed by atoms with Crippen molar-refractivity contribution in [3.8, 4) is 23.4 Å².